The van der Waals surface area contributed by atoms with E-state index in [1.165, 1.54) is 19.3 Å². The summed E-state index contributed by atoms with van der Waals surface area (Å²) in [5, 5.41) is 0. The average molecular weight is 110 g/mol. The van der Waals surface area contributed by atoms with Gasteiger partial charge in [-0.1, -0.05) is 0 Å². The van der Waals surface area contributed by atoms with E-state index in [0.717, 1.165) is 24.0 Å². The standard InChI is InChI=1S/C7H10O/c1-2-5-3-4(1)6-7(5)8-6/h4-7H,1-3H2/t4-,5-,6-,7+/m0/s1. The van der Waals surface area contributed by atoms with Crippen LogP contribution in [0.15, 0.2) is 0 Å². The molecule has 0 aromatic heterocycles. The maximum atomic E-state index is 5.44. The maximum absolute atomic E-state index is 5.44. The van der Waals surface area contributed by atoms with E-state index in [-0.39, 0.29) is 0 Å². The molecule has 1 heterocycles. The first kappa shape index (κ1) is 3.89. The Bertz CT molecular complexity index is 118. The summed E-state index contributed by atoms with van der Waals surface area (Å²) in [6.07, 6.45) is 5.91. The van der Waals surface area contributed by atoms with Crippen LogP contribution in [0.1, 0.15) is 19.3 Å². The molecule has 0 unspecified atom stereocenters. The van der Waals surface area contributed by atoms with Crippen molar-refractivity contribution in [2.75, 3.05) is 0 Å². The van der Waals surface area contributed by atoms with E-state index in [0.29, 0.717) is 0 Å². The van der Waals surface area contributed by atoms with Crippen molar-refractivity contribution in [2.24, 2.45) is 11.8 Å². The van der Waals surface area contributed by atoms with Gasteiger partial charge in [-0.15, -0.1) is 0 Å². The maximum Gasteiger partial charge on any atom is 0.0872 e. The summed E-state index contributed by atoms with van der Waals surface area (Å²) < 4.78 is 5.44. The Morgan fingerprint density at radius 2 is 1.62 bits per heavy atom. The van der Waals surface area contributed by atoms with Gasteiger partial charge >= 0.3 is 0 Å². The second-order valence-electron chi connectivity index (χ2n) is 3.40. The summed E-state index contributed by atoms with van der Waals surface area (Å²) in [7, 11) is 0. The van der Waals surface area contributed by atoms with Crippen LogP contribution in [0.5, 0.6) is 0 Å². The van der Waals surface area contributed by atoms with Crippen LogP contribution in [-0.2, 0) is 4.74 Å². The fourth-order valence-corrected chi connectivity index (χ4v) is 2.54. The number of fused-ring (bicyclic) bond motifs is 5. The summed E-state index contributed by atoms with van der Waals surface area (Å²) in [5.74, 6) is 1.98. The van der Waals surface area contributed by atoms with Crippen LogP contribution in [-0.4, -0.2) is 12.2 Å². The molecule has 2 aliphatic carbocycles. The van der Waals surface area contributed by atoms with Crippen LogP contribution in [0.4, 0.5) is 0 Å². The second-order valence-corrected chi connectivity index (χ2v) is 3.40. The molecule has 3 fully saturated rings. The summed E-state index contributed by atoms with van der Waals surface area (Å²) in [4.78, 5) is 0. The monoisotopic (exact) mass is 110 g/mol. The lowest BCUT2D eigenvalue weighted by Gasteiger charge is -1.99. The number of hydrogen-bond acceptors (Lipinski definition) is 1. The Morgan fingerprint density at radius 1 is 1.00 bits per heavy atom. The number of epoxide rings is 1. The zero-order valence-corrected chi connectivity index (χ0v) is 4.84. The highest BCUT2D eigenvalue weighted by molar-refractivity contribution is 5.07. The highest BCUT2D eigenvalue weighted by Crippen LogP contribution is 2.55. The molecule has 0 aromatic rings. The van der Waals surface area contributed by atoms with E-state index < -0.39 is 0 Å². The lowest BCUT2D eigenvalue weighted by molar-refractivity contribution is 0.264. The minimum atomic E-state index is 0.744. The van der Waals surface area contributed by atoms with Crippen molar-refractivity contribution in [3.63, 3.8) is 0 Å². The first-order chi connectivity index (χ1) is 3.95. The Balaban J connectivity index is 2.02. The molecule has 8 heavy (non-hydrogen) atoms. The first-order valence-electron chi connectivity index (χ1n) is 3.60. The molecule has 1 nitrogen and oxygen atoms in total. The number of hydrogen-bond donors (Lipinski definition) is 0. The molecule has 0 radical (unpaired) electrons. The van der Waals surface area contributed by atoms with Crippen LogP contribution >= 0.6 is 0 Å². The molecule has 4 atom stereocenters. The number of rotatable bonds is 0. The molecular formula is C7H10O. The van der Waals surface area contributed by atoms with Crippen molar-refractivity contribution in [3.05, 3.63) is 0 Å². The van der Waals surface area contributed by atoms with Gasteiger partial charge in [-0.3, -0.25) is 0 Å². The molecule has 1 heteroatoms. The van der Waals surface area contributed by atoms with Gasteiger partial charge in [0.1, 0.15) is 0 Å². The van der Waals surface area contributed by atoms with E-state index in [1.807, 2.05) is 0 Å². The Labute approximate surface area is 49.0 Å². The molecular weight excluding hydrogens is 100 g/mol. The highest BCUT2D eigenvalue weighted by Gasteiger charge is 2.59. The smallest absolute Gasteiger partial charge is 0.0872 e. The second kappa shape index (κ2) is 0.971. The van der Waals surface area contributed by atoms with Gasteiger partial charge in [0, 0.05) is 0 Å². The molecule has 2 saturated carbocycles. The highest BCUT2D eigenvalue weighted by atomic mass is 16.6. The zero-order chi connectivity index (χ0) is 5.14. The molecule has 0 spiro atoms. The Kier molecular flexibility index (Phi) is 0.472. The van der Waals surface area contributed by atoms with Crippen molar-refractivity contribution in [1.29, 1.82) is 0 Å². The third kappa shape index (κ3) is 0.278. The van der Waals surface area contributed by atoms with Gasteiger partial charge in [-0.2, -0.15) is 0 Å². The van der Waals surface area contributed by atoms with E-state index in [1.54, 1.807) is 0 Å². The van der Waals surface area contributed by atoms with Crippen LogP contribution in [0.25, 0.3) is 0 Å². The fourth-order valence-electron chi connectivity index (χ4n) is 2.54. The molecule has 0 amide bonds. The normalized spacial score (nSPS) is 66.0. The van der Waals surface area contributed by atoms with Gasteiger partial charge in [0.2, 0.25) is 0 Å². The quantitative estimate of drug-likeness (QED) is 0.427. The van der Waals surface area contributed by atoms with E-state index in [2.05, 4.69) is 0 Å². The summed E-state index contributed by atoms with van der Waals surface area (Å²) in [5.41, 5.74) is 0. The van der Waals surface area contributed by atoms with Gasteiger partial charge in [-0.05, 0) is 31.1 Å². The van der Waals surface area contributed by atoms with Crippen LogP contribution < -0.4 is 0 Å². The molecule has 0 aromatic carbocycles. The third-order valence-corrected chi connectivity index (χ3v) is 3.00. The van der Waals surface area contributed by atoms with E-state index in [9.17, 15) is 0 Å². The minimum Gasteiger partial charge on any atom is -0.369 e. The third-order valence-electron chi connectivity index (χ3n) is 3.00. The molecule has 44 valence electrons. The largest absolute Gasteiger partial charge is 0.369 e. The van der Waals surface area contributed by atoms with Crippen molar-refractivity contribution >= 4 is 0 Å². The predicted molar refractivity (Wildman–Crippen MR) is 29.5 cm³/mol. The first-order valence-corrected chi connectivity index (χ1v) is 3.60. The van der Waals surface area contributed by atoms with Crippen molar-refractivity contribution in [2.45, 2.75) is 31.5 Å². The topological polar surface area (TPSA) is 12.5 Å². The average Bonchev–Trinajstić information content (AvgIpc) is 2.39. The summed E-state index contributed by atoms with van der Waals surface area (Å²) in [6.45, 7) is 0. The Hall–Kier alpha value is -0.0400. The van der Waals surface area contributed by atoms with E-state index >= 15 is 0 Å². The fraction of sp³-hybridized carbons (Fsp3) is 1.00. The summed E-state index contributed by atoms with van der Waals surface area (Å²) in [6, 6.07) is 0. The summed E-state index contributed by atoms with van der Waals surface area (Å²) >= 11 is 0. The lowest BCUT2D eigenvalue weighted by atomic mass is 10.0. The molecule has 1 aliphatic heterocycles. The van der Waals surface area contributed by atoms with Gasteiger partial charge in [0.05, 0.1) is 12.2 Å². The molecule has 0 N–H and O–H groups in total. The lowest BCUT2D eigenvalue weighted by Crippen LogP contribution is -2.04. The Morgan fingerprint density at radius 3 is 2.00 bits per heavy atom. The van der Waals surface area contributed by atoms with Gasteiger partial charge < -0.3 is 4.74 Å². The zero-order valence-electron chi connectivity index (χ0n) is 4.84. The van der Waals surface area contributed by atoms with Crippen molar-refractivity contribution in [3.8, 4) is 0 Å². The number of ether oxygens (including phenoxy) is 1. The molecule has 1 saturated heterocycles. The molecule has 2 bridgehead atoms. The molecule has 3 aliphatic rings. The van der Waals surface area contributed by atoms with Crippen LogP contribution in [0, 0.1) is 11.8 Å². The van der Waals surface area contributed by atoms with Crippen LogP contribution in [0.2, 0.25) is 0 Å². The van der Waals surface area contributed by atoms with Crippen LogP contribution in [0.3, 0.4) is 0 Å². The van der Waals surface area contributed by atoms with Crippen molar-refractivity contribution < 1.29 is 4.74 Å². The van der Waals surface area contributed by atoms with Crippen molar-refractivity contribution in [1.82, 2.24) is 0 Å². The SMILES string of the molecule is C1C[C@H]2C[C@H]1[C@H]1O[C@@H]21. The van der Waals surface area contributed by atoms with Gasteiger partial charge in [-0.25, -0.2) is 0 Å². The predicted octanol–water partition coefficient (Wildman–Crippen LogP) is 1.18. The van der Waals surface area contributed by atoms with Gasteiger partial charge in [0.15, 0.2) is 0 Å². The minimum absolute atomic E-state index is 0.744. The molecule has 3 rings (SSSR count). The van der Waals surface area contributed by atoms with Gasteiger partial charge in [0.25, 0.3) is 0 Å². The van der Waals surface area contributed by atoms with E-state index in [4.69, 9.17) is 4.74 Å².